The molecule has 2 N–H and O–H groups in total. The van der Waals surface area contributed by atoms with Crippen molar-refractivity contribution in [3.8, 4) is 0 Å². The van der Waals surface area contributed by atoms with Crippen molar-refractivity contribution in [1.29, 1.82) is 0 Å². The molecule has 4 nitrogen and oxygen atoms in total. The van der Waals surface area contributed by atoms with E-state index in [4.69, 9.17) is 4.74 Å². The maximum absolute atomic E-state index is 5.49. The Balaban J connectivity index is 0.00000264. The summed E-state index contributed by atoms with van der Waals surface area (Å²) < 4.78 is 5.49. The van der Waals surface area contributed by atoms with Gasteiger partial charge in [0, 0.05) is 33.4 Å². The summed E-state index contributed by atoms with van der Waals surface area (Å²) in [5, 5.41) is 6.95. The van der Waals surface area contributed by atoms with Gasteiger partial charge in [0.05, 0.1) is 0 Å². The Hall–Kier alpha value is -0.300. The first-order valence-corrected chi connectivity index (χ1v) is 8.98. The smallest absolute Gasteiger partial charge is 0.191 e. The van der Waals surface area contributed by atoms with Gasteiger partial charge in [-0.15, -0.1) is 24.0 Å². The highest BCUT2D eigenvalue weighted by Gasteiger charge is 2.41. The minimum atomic E-state index is 0. The monoisotopic (exact) mass is 435 g/mol. The molecule has 0 amide bonds. The lowest BCUT2D eigenvalue weighted by atomic mass is 9.97. The van der Waals surface area contributed by atoms with Gasteiger partial charge in [-0.3, -0.25) is 4.99 Å². The maximum atomic E-state index is 5.49. The van der Waals surface area contributed by atoms with Gasteiger partial charge in [0.1, 0.15) is 0 Å². The molecule has 0 aliphatic heterocycles. The summed E-state index contributed by atoms with van der Waals surface area (Å²) >= 11 is 0. The van der Waals surface area contributed by atoms with E-state index >= 15 is 0 Å². The molecule has 0 aromatic carbocycles. The van der Waals surface area contributed by atoms with Crippen LogP contribution in [0.15, 0.2) is 16.6 Å². The molecular formula is C18H34IN3O. The standard InChI is InChI=1S/C18H33N3O.HI/c1-3-22-14-12-18(10-11-18)15-21-17(19-2)20-13-9-16-7-5-4-6-8-16;/h7H,3-6,8-15H2,1-2H3,(H2,19,20,21);1H. The third-order valence-electron chi connectivity index (χ3n) is 4.92. The lowest BCUT2D eigenvalue weighted by Gasteiger charge is -2.19. The fourth-order valence-corrected chi connectivity index (χ4v) is 3.09. The van der Waals surface area contributed by atoms with E-state index in [-0.39, 0.29) is 24.0 Å². The lowest BCUT2D eigenvalue weighted by Crippen LogP contribution is -2.41. The van der Waals surface area contributed by atoms with Crippen LogP contribution in [0.3, 0.4) is 0 Å². The van der Waals surface area contributed by atoms with Crippen molar-refractivity contribution in [3.05, 3.63) is 11.6 Å². The van der Waals surface area contributed by atoms with Crippen LogP contribution in [0.1, 0.15) is 58.3 Å². The molecule has 2 rings (SSSR count). The van der Waals surface area contributed by atoms with Crippen LogP contribution in [0.4, 0.5) is 0 Å². The van der Waals surface area contributed by atoms with E-state index in [0.717, 1.165) is 45.1 Å². The lowest BCUT2D eigenvalue weighted by molar-refractivity contribution is 0.128. The number of hydrogen-bond acceptors (Lipinski definition) is 2. The molecule has 1 fully saturated rings. The molecule has 1 saturated carbocycles. The molecule has 0 radical (unpaired) electrons. The molecule has 0 saturated heterocycles. The van der Waals surface area contributed by atoms with Gasteiger partial charge in [-0.1, -0.05) is 11.6 Å². The molecule has 0 atom stereocenters. The van der Waals surface area contributed by atoms with Crippen molar-refractivity contribution in [2.75, 3.05) is 33.4 Å². The predicted octanol–water partition coefficient (Wildman–Crippen LogP) is 3.87. The van der Waals surface area contributed by atoms with Crippen LogP contribution in [0.2, 0.25) is 0 Å². The second-order valence-electron chi connectivity index (χ2n) is 6.66. The Kier molecular flexibility index (Phi) is 10.2. The van der Waals surface area contributed by atoms with E-state index in [0.29, 0.717) is 5.41 Å². The average molecular weight is 435 g/mol. The number of guanidine groups is 1. The number of allylic oxidation sites excluding steroid dienone is 1. The number of aliphatic imine (C=N–C) groups is 1. The molecular weight excluding hydrogens is 401 g/mol. The van der Waals surface area contributed by atoms with Crippen LogP contribution in [0.25, 0.3) is 0 Å². The molecule has 0 spiro atoms. The van der Waals surface area contributed by atoms with Gasteiger partial charge in [-0.2, -0.15) is 0 Å². The first kappa shape index (κ1) is 20.7. The summed E-state index contributed by atoms with van der Waals surface area (Å²) in [5.41, 5.74) is 2.07. The summed E-state index contributed by atoms with van der Waals surface area (Å²) in [5.74, 6) is 0.944. The normalized spacial score (nSPS) is 19.6. The second-order valence-corrected chi connectivity index (χ2v) is 6.66. The number of hydrogen-bond donors (Lipinski definition) is 2. The van der Waals surface area contributed by atoms with Gasteiger partial charge in [0.15, 0.2) is 5.96 Å². The Bertz CT molecular complexity index is 392. The summed E-state index contributed by atoms with van der Waals surface area (Å²) in [6, 6.07) is 0. The van der Waals surface area contributed by atoms with Gasteiger partial charge in [-0.05, 0) is 63.7 Å². The first-order valence-electron chi connectivity index (χ1n) is 8.98. The summed E-state index contributed by atoms with van der Waals surface area (Å²) in [6.07, 6.45) is 12.7. The van der Waals surface area contributed by atoms with E-state index in [9.17, 15) is 0 Å². The minimum Gasteiger partial charge on any atom is -0.382 e. The Labute approximate surface area is 158 Å². The highest BCUT2D eigenvalue weighted by atomic mass is 127. The summed E-state index contributed by atoms with van der Waals surface area (Å²) in [7, 11) is 1.86. The molecule has 0 aromatic rings. The Morgan fingerprint density at radius 2 is 2.13 bits per heavy atom. The van der Waals surface area contributed by atoms with Gasteiger partial charge in [0.25, 0.3) is 0 Å². The van der Waals surface area contributed by atoms with E-state index in [1.165, 1.54) is 38.5 Å². The number of nitrogens with zero attached hydrogens (tertiary/aromatic N) is 1. The number of nitrogens with one attached hydrogen (secondary N) is 2. The third-order valence-corrected chi connectivity index (χ3v) is 4.92. The molecule has 0 bridgehead atoms. The first-order chi connectivity index (χ1) is 10.8. The molecule has 2 aliphatic carbocycles. The number of halogens is 1. The van der Waals surface area contributed by atoms with Gasteiger partial charge in [0.2, 0.25) is 0 Å². The zero-order chi connectivity index (χ0) is 15.7. The SMILES string of the molecule is CCOCCC1(CNC(=NC)NCCC2=CCCCC2)CC1.I. The summed E-state index contributed by atoms with van der Waals surface area (Å²) in [6.45, 7) is 5.77. The zero-order valence-corrected chi connectivity index (χ0v) is 17.2. The topological polar surface area (TPSA) is 45.6 Å². The molecule has 5 heteroatoms. The maximum Gasteiger partial charge on any atom is 0.191 e. The van der Waals surface area contributed by atoms with Crippen molar-refractivity contribution >= 4 is 29.9 Å². The Morgan fingerprint density at radius 1 is 1.30 bits per heavy atom. The van der Waals surface area contributed by atoms with Crippen LogP contribution in [0, 0.1) is 5.41 Å². The number of ether oxygens (including phenoxy) is 1. The average Bonchev–Trinajstić information content (AvgIpc) is 3.32. The van der Waals surface area contributed by atoms with E-state index in [1.807, 2.05) is 7.05 Å². The van der Waals surface area contributed by atoms with Crippen molar-refractivity contribution in [3.63, 3.8) is 0 Å². The van der Waals surface area contributed by atoms with Crippen LogP contribution in [0.5, 0.6) is 0 Å². The minimum absolute atomic E-state index is 0. The fraction of sp³-hybridized carbons (Fsp3) is 0.833. The molecule has 0 heterocycles. The van der Waals surface area contributed by atoms with Crippen molar-refractivity contribution in [2.24, 2.45) is 10.4 Å². The molecule has 0 unspecified atom stereocenters. The summed E-state index contributed by atoms with van der Waals surface area (Å²) in [4.78, 5) is 4.34. The van der Waals surface area contributed by atoms with E-state index in [2.05, 4.69) is 28.6 Å². The number of rotatable bonds is 9. The zero-order valence-electron chi connectivity index (χ0n) is 14.8. The van der Waals surface area contributed by atoms with Crippen LogP contribution < -0.4 is 10.6 Å². The largest absolute Gasteiger partial charge is 0.382 e. The predicted molar refractivity (Wildman–Crippen MR) is 109 cm³/mol. The quantitative estimate of drug-likeness (QED) is 0.190. The van der Waals surface area contributed by atoms with E-state index < -0.39 is 0 Å². The van der Waals surface area contributed by atoms with Crippen LogP contribution in [-0.2, 0) is 4.74 Å². The van der Waals surface area contributed by atoms with Gasteiger partial charge < -0.3 is 15.4 Å². The van der Waals surface area contributed by atoms with Crippen LogP contribution >= 0.6 is 24.0 Å². The highest BCUT2D eigenvalue weighted by Crippen LogP contribution is 2.48. The fourth-order valence-electron chi connectivity index (χ4n) is 3.09. The van der Waals surface area contributed by atoms with Crippen molar-refractivity contribution in [1.82, 2.24) is 10.6 Å². The molecule has 134 valence electrons. The van der Waals surface area contributed by atoms with Crippen molar-refractivity contribution in [2.45, 2.75) is 58.3 Å². The Morgan fingerprint density at radius 3 is 2.74 bits per heavy atom. The van der Waals surface area contributed by atoms with Crippen molar-refractivity contribution < 1.29 is 4.74 Å². The molecule has 2 aliphatic rings. The molecule has 0 aromatic heterocycles. The van der Waals surface area contributed by atoms with Gasteiger partial charge in [-0.25, -0.2) is 0 Å². The van der Waals surface area contributed by atoms with E-state index in [1.54, 1.807) is 5.57 Å². The van der Waals surface area contributed by atoms with Gasteiger partial charge >= 0.3 is 0 Å². The molecule has 23 heavy (non-hydrogen) atoms. The third kappa shape index (κ3) is 7.88. The van der Waals surface area contributed by atoms with Crippen LogP contribution in [-0.4, -0.2) is 39.3 Å². The second kappa shape index (κ2) is 11.3. The highest BCUT2D eigenvalue weighted by molar-refractivity contribution is 14.0.